The number of hydrogen-bond acceptors (Lipinski definition) is 6. The summed E-state index contributed by atoms with van der Waals surface area (Å²) in [6.45, 7) is 1.39. The van der Waals surface area contributed by atoms with Crippen LogP contribution in [0.3, 0.4) is 0 Å². The Labute approximate surface area is 139 Å². The molecule has 0 aliphatic carbocycles. The lowest BCUT2D eigenvalue weighted by Gasteiger charge is -2.10. The summed E-state index contributed by atoms with van der Waals surface area (Å²) < 4.78 is 5.47. The molecule has 1 fully saturated rings. The largest absolute Gasteiger partial charge is 0.376 e. The Morgan fingerprint density at radius 1 is 1.26 bits per heavy atom. The van der Waals surface area contributed by atoms with Gasteiger partial charge in [0.05, 0.1) is 17.6 Å². The lowest BCUT2D eigenvalue weighted by Crippen LogP contribution is -2.32. The molecule has 0 aromatic carbocycles. The molecule has 1 aliphatic rings. The van der Waals surface area contributed by atoms with Crippen molar-refractivity contribution in [3.05, 3.63) is 36.5 Å². The zero-order valence-electron chi connectivity index (χ0n) is 12.6. The summed E-state index contributed by atoms with van der Waals surface area (Å²) >= 11 is 1.37. The van der Waals surface area contributed by atoms with Gasteiger partial charge in [0.1, 0.15) is 10.7 Å². The number of carbonyl (C=O) groups excluding carboxylic acids is 1. The predicted octanol–water partition coefficient (Wildman–Crippen LogP) is 1.93. The van der Waals surface area contributed by atoms with Crippen LogP contribution in [0, 0.1) is 0 Å². The van der Waals surface area contributed by atoms with Gasteiger partial charge < -0.3 is 10.1 Å². The molecule has 1 atom stereocenters. The quantitative estimate of drug-likeness (QED) is 0.816. The maximum absolute atomic E-state index is 11.8. The Morgan fingerprint density at radius 3 is 2.91 bits per heavy atom. The summed E-state index contributed by atoms with van der Waals surface area (Å²) in [5, 5.41) is 11.9. The van der Waals surface area contributed by atoms with Crippen molar-refractivity contribution >= 4 is 17.7 Å². The third-order valence-electron chi connectivity index (χ3n) is 3.47. The molecule has 0 bridgehead atoms. The highest BCUT2D eigenvalue weighted by molar-refractivity contribution is 7.99. The van der Waals surface area contributed by atoms with E-state index in [9.17, 15) is 4.79 Å². The molecule has 120 valence electrons. The van der Waals surface area contributed by atoms with E-state index in [1.54, 1.807) is 6.20 Å². The maximum Gasteiger partial charge on any atom is 0.230 e. The van der Waals surface area contributed by atoms with Crippen molar-refractivity contribution in [2.45, 2.75) is 24.0 Å². The van der Waals surface area contributed by atoms with Gasteiger partial charge >= 0.3 is 0 Å². The molecule has 0 spiro atoms. The SMILES string of the molecule is O=C(CSc1ccc(-c2ccccn2)nn1)NCC1CCCO1. The predicted molar refractivity (Wildman–Crippen MR) is 88.0 cm³/mol. The van der Waals surface area contributed by atoms with Crippen LogP contribution in [0.4, 0.5) is 0 Å². The number of nitrogens with one attached hydrogen (secondary N) is 1. The topological polar surface area (TPSA) is 77.0 Å². The first-order valence-electron chi connectivity index (χ1n) is 7.57. The molecule has 0 radical (unpaired) electrons. The number of ether oxygens (including phenoxy) is 1. The smallest absolute Gasteiger partial charge is 0.230 e. The molecule has 3 rings (SSSR count). The van der Waals surface area contributed by atoms with Crippen LogP contribution in [-0.4, -0.2) is 46.1 Å². The minimum atomic E-state index is -0.0129. The van der Waals surface area contributed by atoms with Crippen molar-refractivity contribution < 1.29 is 9.53 Å². The fourth-order valence-corrected chi connectivity index (χ4v) is 2.92. The summed E-state index contributed by atoms with van der Waals surface area (Å²) in [6, 6.07) is 9.37. The van der Waals surface area contributed by atoms with Crippen LogP contribution in [0.5, 0.6) is 0 Å². The second-order valence-electron chi connectivity index (χ2n) is 5.20. The van der Waals surface area contributed by atoms with Crippen LogP contribution >= 0.6 is 11.8 Å². The third-order valence-corrected chi connectivity index (χ3v) is 4.39. The summed E-state index contributed by atoms with van der Waals surface area (Å²) in [5.41, 5.74) is 1.50. The highest BCUT2D eigenvalue weighted by Gasteiger charge is 2.16. The number of carbonyl (C=O) groups is 1. The number of thioether (sulfide) groups is 1. The van der Waals surface area contributed by atoms with Gasteiger partial charge in [0, 0.05) is 19.3 Å². The zero-order chi connectivity index (χ0) is 15.9. The summed E-state index contributed by atoms with van der Waals surface area (Å²) in [4.78, 5) is 16.0. The molecule has 1 amide bonds. The van der Waals surface area contributed by atoms with Crippen LogP contribution in [0.15, 0.2) is 41.6 Å². The van der Waals surface area contributed by atoms with Crippen molar-refractivity contribution in [3.63, 3.8) is 0 Å². The average Bonchev–Trinajstić information content (AvgIpc) is 3.13. The molecule has 1 N–H and O–H groups in total. The van der Waals surface area contributed by atoms with E-state index in [0.717, 1.165) is 35.9 Å². The molecule has 1 saturated heterocycles. The first-order chi connectivity index (χ1) is 11.3. The fourth-order valence-electron chi connectivity index (χ4n) is 2.27. The number of aromatic nitrogens is 3. The Balaban J connectivity index is 1.45. The van der Waals surface area contributed by atoms with Crippen LogP contribution in [0.1, 0.15) is 12.8 Å². The first kappa shape index (κ1) is 15.9. The summed E-state index contributed by atoms with van der Waals surface area (Å²) in [5.74, 6) is 0.311. The van der Waals surface area contributed by atoms with E-state index in [-0.39, 0.29) is 12.0 Å². The normalized spacial score (nSPS) is 17.1. The minimum absolute atomic E-state index is 0.0129. The standard InChI is InChI=1S/C16H18N4O2S/c21-15(18-10-12-4-3-9-22-12)11-23-16-7-6-14(19-20-16)13-5-1-2-8-17-13/h1-2,5-8,12H,3-4,9-11H2,(H,18,21). The number of rotatable bonds is 6. The van der Waals surface area contributed by atoms with Crippen LogP contribution < -0.4 is 5.32 Å². The minimum Gasteiger partial charge on any atom is -0.376 e. The molecule has 1 aliphatic heterocycles. The summed E-state index contributed by atoms with van der Waals surface area (Å²) in [6.07, 6.45) is 3.99. The number of pyridine rings is 1. The molecule has 2 aromatic rings. The highest BCUT2D eigenvalue weighted by Crippen LogP contribution is 2.18. The second-order valence-corrected chi connectivity index (χ2v) is 6.20. The van der Waals surface area contributed by atoms with Gasteiger partial charge in [0.15, 0.2) is 0 Å². The van der Waals surface area contributed by atoms with E-state index >= 15 is 0 Å². The van der Waals surface area contributed by atoms with Crippen molar-refractivity contribution in [1.29, 1.82) is 0 Å². The lowest BCUT2D eigenvalue weighted by molar-refractivity contribution is -0.119. The fraction of sp³-hybridized carbons (Fsp3) is 0.375. The third kappa shape index (κ3) is 4.74. The molecule has 6 nitrogen and oxygen atoms in total. The van der Waals surface area contributed by atoms with E-state index in [0.29, 0.717) is 12.3 Å². The van der Waals surface area contributed by atoms with Gasteiger partial charge in [-0.1, -0.05) is 17.8 Å². The van der Waals surface area contributed by atoms with E-state index in [1.807, 2.05) is 30.3 Å². The molecular formula is C16H18N4O2S. The van der Waals surface area contributed by atoms with Gasteiger partial charge in [-0.05, 0) is 37.1 Å². The van der Waals surface area contributed by atoms with Crippen molar-refractivity contribution in [2.75, 3.05) is 18.9 Å². The lowest BCUT2D eigenvalue weighted by atomic mass is 10.2. The van der Waals surface area contributed by atoms with Gasteiger partial charge in [-0.15, -0.1) is 10.2 Å². The van der Waals surface area contributed by atoms with Gasteiger partial charge in [0.25, 0.3) is 0 Å². The van der Waals surface area contributed by atoms with Crippen molar-refractivity contribution in [1.82, 2.24) is 20.5 Å². The van der Waals surface area contributed by atoms with Gasteiger partial charge in [-0.3, -0.25) is 9.78 Å². The number of amides is 1. The van der Waals surface area contributed by atoms with Gasteiger partial charge in [-0.2, -0.15) is 0 Å². The Morgan fingerprint density at radius 2 is 2.22 bits per heavy atom. The Hall–Kier alpha value is -1.99. The van der Waals surface area contributed by atoms with Crippen LogP contribution in [0.2, 0.25) is 0 Å². The van der Waals surface area contributed by atoms with Crippen molar-refractivity contribution in [3.8, 4) is 11.4 Å². The maximum atomic E-state index is 11.8. The number of nitrogens with zero attached hydrogens (tertiary/aromatic N) is 3. The molecule has 0 saturated carbocycles. The van der Waals surface area contributed by atoms with E-state index in [2.05, 4.69) is 20.5 Å². The molecule has 3 heterocycles. The molecule has 2 aromatic heterocycles. The Kier molecular flexibility index (Phi) is 5.55. The average molecular weight is 330 g/mol. The monoisotopic (exact) mass is 330 g/mol. The van der Waals surface area contributed by atoms with Crippen LogP contribution in [-0.2, 0) is 9.53 Å². The molecule has 7 heteroatoms. The van der Waals surface area contributed by atoms with Gasteiger partial charge in [0.2, 0.25) is 5.91 Å². The molecule has 1 unspecified atom stereocenters. The zero-order valence-corrected chi connectivity index (χ0v) is 13.5. The molecule has 23 heavy (non-hydrogen) atoms. The Bertz CT molecular complexity index is 630. The van der Waals surface area contributed by atoms with E-state index in [4.69, 9.17) is 4.74 Å². The molecular weight excluding hydrogens is 312 g/mol. The summed E-state index contributed by atoms with van der Waals surface area (Å²) in [7, 11) is 0. The number of hydrogen-bond donors (Lipinski definition) is 1. The van der Waals surface area contributed by atoms with E-state index in [1.165, 1.54) is 11.8 Å². The van der Waals surface area contributed by atoms with Gasteiger partial charge in [-0.25, -0.2) is 0 Å². The van der Waals surface area contributed by atoms with Crippen molar-refractivity contribution in [2.24, 2.45) is 0 Å². The first-order valence-corrected chi connectivity index (χ1v) is 8.56. The second kappa shape index (κ2) is 8.03. The highest BCUT2D eigenvalue weighted by atomic mass is 32.2. The van der Waals surface area contributed by atoms with Crippen LogP contribution in [0.25, 0.3) is 11.4 Å². The van der Waals surface area contributed by atoms with E-state index < -0.39 is 0 Å².